The molecule has 0 spiro atoms. The quantitative estimate of drug-likeness (QED) is 0.529. The molecule has 5 heteroatoms. The number of ether oxygens (including phenoxy) is 2. The Bertz CT molecular complexity index is 506. The fourth-order valence-corrected chi connectivity index (χ4v) is 2.96. The van der Waals surface area contributed by atoms with Gasteiger partial charge in [-0.1, -0.05) is 27.2 Å². The van der Waals surface area contributed by atoms with Gasteiger partial charge in [0.25, 0.3) is 5.91 Å². The molecule has 0 fully saturated rings. The topological polar surface area (TPSA) is 50.8 Å². The van der Waals surface area contributed by atoms with E-state index in [2.05, 4.69) is 31.0 Å². The third-order valence-electron chi connectivity index (χ3n) is 4.56. The summed E-state index contributed by atoms with van der Waals surface area (Å²) in [5.74, 6) is 0.720. The largest absolute Gasteiger partial charge is 0.494 e. The van der Waals surface area contributed by atoms with Gasteiger partial charge in [-0.2, -0.15) is 0 Å². The van der Waals surface area contributed by atoms with Crippen LogP contribution in [0.1, 0.15) is 53.9 Å². The number of rotatable bonds is 13. The van der Waals surface area contributed by atoms with Crippen LogP contribution in [0.2, 0.25) is 0 Å². The van der Waals surface area contributed by atoms with E-state index >= 15 is 0 Å². The maximum Gasteiger partial charge on any atom is 0.256 e. The first kappa shape index (κ1) is 22.5. The van der Waals surface area contributed by atoms with Crippen molar-refractivity contribution in [3.8, 4) is 5.75 Å². The normalized spacial score (nSPS) is 13.5. The Kier molecular flexibility index (Phi) is 10.3. The van der Waals surface area contributed by atoms with Crippen LogP contribution in [-0.2, 0) is 9.53 Å². The van der Waals surface area contributed by atoms with E-state index in [1.54, 1.807) is 0 Å². The predicted octanol–water partition coefficient (Wildman–Crippen LogP) is 4.33. The number of carbonyl (C=O) groups is 1. The molecule has 1 unspecified atom stereocenters. The molecule has 1 aromatic rings. The van der Waals surface area contributed by atoms with Gasteiger partial charge in [-0.15, -0.1) is 0 Å². The first-order valence-electron chi connectivity index (χ1n) is 9.89. The van der Waals surface area contributed by atoms with E-state index in [9.17, 15) is 4.79 Å². The highest BCUT2D eigenvalue weighted by Gasteiger charge is 2.32. The van der Waals surface area contributed by atoms with E-state index in [1.807, 2.05) is 38.1 Å². The lowest BCUT2D eigenvalue weighted by atomic mass is 9.99. The van der Waals surface area contributed by atoms with Crippen molar-refractivity contribution in [2.45, 2.75) is 59.5 Å². The molecule has 1 N–H and O–H groups in total. The second-order valence-electron chi connectivity index (χ2n) is 6.62. The molecular weight excluding hydrogens is 328 g/mol. The van der Waals surface area contributed by atoms with Crippen molar-refractivity contribution in [2.75, 3.05) is 38.2 Å². The second kappa shape index (κ2) is 11.9. The summed E-state index contributed by atoms with van der Waals surface area (Å²) in [5, 5.41) is 2.95. The first-order valence-corrected chi connectivity index (χ1v) is 9.89. The minimum Gasteiger partial charge on any atom is -0.494 e. The highest BCUT2D eigenvalue weighted by atomic mass is 16.5. The molecule has 0 aromatic heterocycles. The maximum atomic E-state index is 12.6. The Balaban J connectivity index is 2.50. The molecule has 1 amide bonds. The van der Waals surface area contributed by atoms with Crippen LogP contribution in [-0.4, -0.2) is 49.3 Å². The van der Waals surface area contributed by atoms with Gasteiger partial charge in [0.2, 0.25) is 0 Å². The molecule has 1 rings (SSSR count). The van der Waals surface area contributed by atoms with Gasteiger partial charge in [0.05, 0.1) is 6.61 Å². The van der Waals surface area contributed by atoms with Gasteiger partial charge in [-0.3, -0.25) is 4.79 Å². The van der Waals surface area contributed by atoms with Crippen LogP contribution in [0.15, 0.2) is 24.3 Å². The van der Waals surface area contributed by atoms with E-state index in [1.165, 1.54) is 0 Å². The summed E-state index contributed by atoms with van der Waals surface area (Å²) in [6, 6.07) is 7.53. The van der Waals surface area contributed by atoms with Crippen LogP contribution < -0.4 is 10.1 Å². The number of nitrogens with one attached hydrogen (secondary N) is 1. The standard InChI is InChI=1S/C21H36N2O3/c1-6-15-21(5,26-9-4)20(24)22-18-11-13-19(14-12-18)25-17-10-16-23(7-2)8-3/h11-14H,6-10,15-17H2,1-5H3,(H,22,24). The lowest BCUT2D eigenvalue weighted by Crippen LogP contribution is -2.42. The average molecular weight is 365 g/mol. The highest BCUT2D eigenvalue weighted by Crippen LogP contribution is 2.22. The molecule has 1 atom stereocenters. The van der Waals surface area contributed by atoms with Crippen molar-refractivity contribution in [1.29, 1.82) is 0 Å². The van der Waals surface area contributed by atoms with Crippen molar-refractivity contribution in [2.24, 2.45) is 0 Å². The van der Waals surface area contributed by atoms with Gasteiger partial charge >= 0.3 is 0 Å². The summed E-state index contributed by atoms with van der Waals surface area (Å²) >= 11 is 0. The molecule has 1 aromatic carbocycles. The monoisotopic (exact) mass is 364 g/mol. The van der Waals surface area contributed by atoms with Crippen LogP contribution in [0, 0.1) is 0 Å². The Labute approximate surface area is 159 Å². The molecule has 148 valence electrons. The number of hydrogen-bond acceptors (Lipinski definition) is 4. The van der Waals surface area contributed by atoms with Gasteiger partial charge in [-0.25, -0.2) is 0 Å². The lowest BCUT2D eigenvalue weighted by Gasteiger charge is -2.27. The summed E-state index contributed by atoms with van der Waals surface area (Å²) in [6.45, 7) is 14.6. The Morgan fingerprint density at radius 2 is 1.77 bits per heavy atom. The van der Waals surface area contributed by atoms with Crippen molar-refractivity contribution >= 4 is 11.6 Å². The van der Waals surface area contributed by atoms with Crippen LogP contribution in [0.5, 0.6) is 5.75 Å². The molecule has 5 nitrogen and oxygen atoms in total. The van der Waals surface area contributed by atoms with E-state index in [0.717, 1.165) is 43.9 Å². The van der Waals surface area contributed by atoms with E-state index in [4.69, 9.17) is 9.47 Å². The fraction of sp³-hybridized carbons (Fsp3) is 0.667. The third kappa shape index (κ3) is 7.34. The number of hydrogen-bond donors (Lipinski definition) is 1. The zero-order chi connectivity index (χ0) is 19.4. The van der Waals surface area contributed by atoms with E-state index in [-0.39, 0.29) is 5.91 Å². The van der Waals surface area contributed by atoms with E-state index < -0.39 is 5.60 Å². The zero-order valence-electron chi connectivity index (χ0n) is 17.1. The molecular formula is C21H36N2O3. The summed E-state index contributed by atoms with van der Waals surface area (Å²) in [4.78, 5) is 14.9. The highest BCUT2D eigenvalue weighted by molar-refractivity contribution is 5.97. The summed E-state index contributed by atoms with van der Waals surface area (Å²) in [7, 11) is 0. The summed E-state index contributed by atoms with van der Waals surface area (Å²) in [5.41, 5.74) is -0.0316. The number of benzene rings is 1. The van der Waals surface area contributed by atoms with Gasteiger partial charge in [0.1, 0.15) is 11.4 Å². The Morgan fingerprint density at radius 3 is 2.31 bits per heavy atom. The molecule has 0 bridgehead atoms. The van der Waals surface area contributed by atoms with Crippen molar-refractivity contribution < 1.29 is 14.3 Å². The maximum absolute atomic E-state index is 12.6. The second-order valence-corrected chi connectivity index (χ2v) is 6.62. The minimum atomic E-state index is -0.789. The zero-order valence-corrected chi connectivity index (χ0v) is 17.1. The van der Waals surface area contributed by atoms with Crippen LogP contribution in [0.25, 0.3) is 0 Å². The van der Waals surface area contributed by atoms with Gasteiger partial charge in [-0.05, 0) is 64.0 Å². The number of carbonyl (C=O) groups excluding carboxylic acids is 1. The van der Waals surface area contributed by atoms with Gasteiger partial charge < -0.3 is 19.7 Å². The van der Waals surface area contributed by atoms with Gasteiger partial charge in [0, 0.05) is 18.8 Å². The molecule has 0 aliphatic carbocycles. The molecule has 26 heavy (non-hydrogen) atoms. The summed E-state index contributed by atoms with van der Waals surface area (Å²) in [6.07, 6.45) is 2.59. The third-order valence-corrected chi connectivity index (χ3v) is 4.56. The Morgan fingerprint density at radius 1 is 1.12 bits per heavy atom. The molecule has 0 aliphatic rings. The number of anilines is 1. The number of nitrogens with zero attached hydrogens (tertiary/aromatic N) is 1. The molecule has 0 radical (unpaired) electrons. The van der Waals surface area contributed by atoms with Crippen molar-refractivity contribution in [1.82, 2.24) is 4.90 Å². The van der Waals surface area contributed by atoms with E-state index in [0.29, 0.717) is 19.6 Å². The van der Waals surface area contributed by atoms with Crippen LogP contribution in [0.3, 0.4) is 0 Å². The molecule has 0 saturated heterocycles. The van der Waals surface area contributed by atoms with Gasteiger partial charge in [0.15, 0.2) is 0 Å². The first-order chi connectivity index (χ1) is 12.5. The Hall–Kier alpha value is -1.59. The van der Waals surface area contributed by atoms with Crippen LogP contribution in [0.4, 0.5) is 5.69 Å². The summed E-state index contributed by atoms with van der Waals surface area (Å²) < 4.78 is 11.5. The van der Waals surface area contributed by atoms with Crippen molar-refractivity contribution in [3.63, 3.8) is 0 Å². The average Bonchev–Trinajstić information content (AvgIpc) is 2.63. The predicted molar refractivity (Wildman–Crippen MR) is 108 cm³/mol. The molecule has 0 aliphatic heterocycles. The smallest absolute Gasteiger partial charge is 0.256 e. The minimum absolute atomic E-state index is 0.103. The molecule has 0 heterocycles. The number of amides is 1. The molecule has 0 saturated carbocycles. The van der Waals surface area contributed by atoms with Crippen LogP contribution >= 0.6 is 0 Å². The SMILES string of the molecule is CCCC(C)(OCC)C(=O)Nc1ccc(OCCCN(CC)CC)cc1. The lowest BCUT2D eigenvalue weighted by molar-refractivity contribution is -0.139. The fourth-order valence-electron chi connectivity index (χ4n) is 2.96. The van der Waals surface area contributed by atoms with Crippen molar-refractivity contribution in [3.05, 3.63) is 24.3 Å².